The van der Waals surface area contributed by atoms with E-state index in [9.17, 15) is 79.9 Å². The summed E-state index contributed by atoms with van der Waals surface area (Å²) in [6.45, 7) is 0.0260. The van der Waals surface area contributed by atoms with E-state index >= 15 is 0 Å². The van der Waals surface area contributed by atoms with Crippen LogP contribution < -0.4 is 32.7 Å². The predicted molar refractivity (Wildman–Crippen MR) is 308 cm³/mol. The van der Waals surface area contributed by atoms with Gasteiger partial charge in [-0.2, -0.15) is 8.78 Å². The van der Waals surface area contributed by atoms with Crippen LogP contribution in [0.3, 0.4) is 0 Å². The highest BCUT2D eigenvalue weighted by Gasteiger charge is 2.51. The van der Waals surface area contributed by atoms with Gasteiger partial charge in [0.25, 0.3) is 5.91 Å². The molecule has 4 saturated heterocycles. The van der Waals surface area contributed by atoms with E-state index < -0.39 is 139 Å². The average molecular weight is 1260 g/mol. The molecule has 0 spiro atoms. The summed E-state index contributed by atoms with van der Waals surface area (Å²) in [6, 6.07) is 4.78. The normalized spacial score (nSPS) is 20.0. The van der Waals surface area contributed by atoms with Gasteiger partial charge in [0, 0.05) is 74.2 Å². The Bertz CT molecular complexity index is 3810. The number of methoxy groups -OCH3 is 1. The zero-order valence-corrected chi connectivity index (χ0v) is 49.3. The van der Waals surface area contributed by atoms with E-state index in [1.807, 2.05) is 0 Å². The van der Waals surface area contributed by atoms with Crippen molar-refractivity contribution in [1.82, 2.24) is 45.1 Å². The molecule has 4 aliphatic heterocycles. The van der Waals surface area contributed by atoms with Crippen molar-refractivity contribution in [2.75, 3.05) is 33.3 Å². The van der Waals surface area contributed by atoms with Gasteiger partial charge in [-0.1, -0.05) is 24.0 Å². The number of alkyl halides is 2. The molecule has 88 heavy (non-hydrogen) atoms. The lowest BCUT2D eigenvalue weighted by Gasteiger charge is -2.38. The van der Waals surface area contributed by atoms with Gasteiger partial charge in [-0.15, -0.1) is 11.3 Å². The van der Waals surface area contributed by atoms with Crippen LogP contribution in [-0.2, 0) is 62.0 Å². The quantitative estimate of drug-likeness (QED) is 0.0303. The van der Waals surface area contributed by atoms with Gasteiger partial charge in [-0.25, -0.2) is 18.4 Å². The van der Waals surface area contributed by atoms with Gasteiger partial charge in [0.15, 0.2) is 11.6 Å². The maximum absolute atomic E-state index is 14.7. The number of aryl methyl sites for hydroxylation is 1. The highest BCUT2D eigenvalue weighted by molar-refractivity contribution is 7.52. The summed E-state index contributed by atoms with van der Waals surface area (Å²) in [5, 5.41) is 10.2. The summed E-state index contributed by atoms with van der Waals surface area (Å²) >= 11 is 0.811. The number of halogens is 4. The maximum atomic E-state index is 14.7. The fraction of sp³-hybridized carbons (Fsp3) is 0.448. The van der Waals surface area contributed by atoms with Crippen molar-refractivity contribution in [3.05, 3.63) is 104 Å². The molecule has 4 fully saturated rings. The lowest BCUT2D eigenvalue weighted by Crippen LogP contribution is -2.62. The van der Waals surface area contributed by atoms with E-state index in [-0.39, 0.29) is 91.0 Å². The summed E-state index contributed by atoms with van der Waals surface area (Å²) in [5.74, 6) is -1.83. The van der Waals surface area contributed by atoms with Crippen LogP contribution in [0.1, 0.15) is 103 Å². The molecule has 0 saturated carbocycles. The molecule has 2 aromatic heterocycles. The molecule has 3 aromatic carbocycles. The van der Waals surface area contributed by atoms with Crippen LogP contribution in [-0.4, -0.2) is 150 Å². The number of ether oxygens (including phenoxy) is 1. The molecule has 8 N–H and O–H groups in total. The first kappa shape index (κ1) is 64.0. The second-order valence-electron chi connectivity index (χ2n) is 22.2. The van der Waals surface area contributed by atoms with E-state index in [0.29, 0.717) is 42.3 Å². The zero-order valence-electron chi connectivity index (χ0n) is 47.6. The number of hydrogen-bond donors (Lipinski definition) is 7. The van der Waals surface area contributed by atoms with Crippen LogP contribution in [0.5, 0.6) is 0 Å². The van der Waals surface area contributed by atoms with Crippen molar-refractivity contribution in [1.29, 1.82) is 0 Å². The number of carbonyl (C=O) groups is 9. The molecule has 24 nitrogen and oxygen atoms in total. The Morgan fingerprint density at radius 2 is 1.61 bits per heavy atom. The highest BCUT2D eigenvalue weighted by Crippen LogP contribution is 2.59. The number of carbonyl (C=O) groups excluding carboxylic acids is 9. The number of benzene rings is 3. The van der Waals surface area contributed by atoms with E-state index in [1.165, 1.54) is 36.0 Å². The fourth-order valence-electron chi connectivity index (χ4n) is 11.7. The molecule has 5 aromatic rings. The first-order valence-corrected chi connectivity index (χ1v) is 30.7. The zero-order chi connectivity index (χ0) is 63.5. The van der Waals surface area contributed by atoms with E-state index in [1.54, 1.807) is 25.2 Å². The van der Waals surface area contributed by atoms with Crippen molar-refractivity contribution >= 4 is 93.4 Å². The number of thiophene rings is 1. The molecule has 4 aliphatic rings. The lowest BCUT2D eigenvalue weighted by atomic mass is 9.91. The van der Waals surface area contributed by atoms with Crippen LogP contribution in [0, 0.1) is 29.4 Å². The molecule has 0 radical (unpaired) electrons. The number of imide groups is 1. The number of imidazole rings is 1. The molecule has 6 heterocycles. The van der Waals surface area contributed by atoms with Gasteiger partial charge in [0.1, 0.15) is 30.2 Å². The Labute approximate surface area is 503 Å². The number of nitrogens with zero attached hydrogens (tertiary/aromatic N) is 5. The second kappa shape index (κ2) is 26.5. The number of hydrogen-bond acceptors (Lipinski definition) is 13. The molecule has 0 bridgehead atoms. The standard InChI is InChI=1S/C58H63F4N10O14PS/c1-68-45-27-32(8-13-42(45)72(56(68)81)44-15-18-49(74)67-52(44)77)6-4-3-5-31-19-22-69(23-20-31)54(79)40(26-33-7-11-37(59)38(60)25-33)65-50(75)39(12-17-48(63)73)64-51(76)43-14-10-36-21-24-70(57(82)86-2)30-41(55(80)71(36)43)66-53(78)47-29-34-28-35(9-16-46(34)88-47)58(61,62)87(83,84)85/h7-9,11,13,16,25,27-29,31,36,39-41,43-44H,3,5,10,12,14-15,17-24,26,30H2,1-2H3,(H2,63,73)(H,64,76)(H,65,75)(H,66,78)(H,67,74,77)(H2,83,84,85)/t36-,39+,40+,41+,43+,44?/m1/s1. The average Bonchev–Trinajstić information content (AvgIpc) is 1.72. The Morgan fingerprint density at radius 1 is 0.875 bits per heavy atom. The van der Waals surface area contributed by atoms with Crippen molar-refractivity contribution in [2.45, 2.75) is 119 Å². The number of nitrogens with one attached hydrogen (secondary N) is 4. The van der Waals surface area contributed by atoms with Crippen molar-refractivity contribution in [3.8, 4) is 11.8 Å². The van der Waals surface area contributed by atoms with Crippen LogP contribution in [0.2, 0.25) is 0 Å². The number of amides is 9. The molecular weight excluding hydrogens is 1200 g/mol. The van der Waals surface area contributed by atoms with Gasteiger partial charge in [-0.3, -0.25) is 57.4 Å². The fourth-order valence-corrected chi connectivity index (χ4v) is 13.2. The molecule has 0 aliphatic carbocycles. The van der Waals surface area contributed by atoms with Crippen LogP contribution >= 0.6 is 18.9 Å². The van der Waals surface area contributed by atoms with Gasteiger partial charge in [0.05, 0.1) is 29.6 Å². The van der Waals surface area contributed by atoms with Crippen LogP contribution in [0.15, 0.2) is 65.5 Å². The number of piperidine rings is 2. The molecule has 6 atom stereocenters. The van der Waals surface area contributed by atoms with Crippen molar-refractivity contribution < 1.29 is 79.8 Å². The molecular formula is C58H63F4N10O14PS. The molecule has 468 valence electrons. The lowest BCUT2D eigenvalue weighted by molar-refractivity contribution is -0.144. The Kier molecular flexibility index (Phi) is 19.3. The second-order valence-corrected chi connectivity index (χ2v) is 25.0. The summed E-state index contributed by atoms with van der Waals surface area (Å²) < 4.78 is 77.6. The van der Waals surface area contributed by atoms with Crippen LogP contribution in [0.25, 0.3) is 21.1 Å². The first-order valence-electron chi connectivity index (χ1n) is 28.3. The summed E-state index contributed by atoms with van der Waals surface area (Å²) in [5.41, 5.74) is 1.41. The monoisotopic (exact) mass is 1260 g/mol. The third-order valence-corrected chi connectivity index (χ3v) is 18.6. The Morgan fingerprint density at radius 3 is 2.31 bits per heavy atom. The number of rotatable bonds is 17. The highest BCUT2D eigenvalue weighted by atomic mass is 32.1. The third-order valence-electron chi connectivity index (χ3n) is 16.5. The number of likely N-dealkylation sites (tertiary alicyclic amines) is 1. The van der Waals surface area contributed by atoms with Crippen molar-refractivity contribution in [2.24, 2.45) is 18.7 Å². The number of aromatic nitrogens is 2. The summed E-state index contributed by atoms with van der Waals surface area (Å²) in [7, 11) is -3.24. The molecule has 9 rings (SSSR count). The summed E-state index contributed by atoms with van der Waals surface area (Å²) in [4.78, 5) is 157. The van der Waals surface area contributed by atoms with E-state index in [4.69, 9.17) is 10.5 Å². The maximum Gasteiger partial charge on any atom is 0.409 e. The van der Waals surface area contributed by atoms with Gasteiger partial charge < -0.3 is 50.9 Å². The Balaban J connectivity index is 0.869. The number of fused-ring (bicyclic) bond motifs is 3. The Hall–Kier alpha value is -8.45. The largest absolute Gasteiger partial charge is 0.453 e. The topological polar surface area (TPSA) is 331 Å². The minimum Gasteiger partial charge on any atom is -0.453 e. The first-order chi connectivity index (χ1) is 41.7. The van der Waals surface area contributed by atoms with Gasteiger partial charge >= 0.3 is 25.0 Å². The smallest absolute Gasteiger partial charge is 0.409 e. The predicted octanol–water partition coefficient (Wildman–Crippen LogP) is 3.52. The summed E-state index contributed by atoms with van der Waals surface area (Å²) in [6.07, 6.45) is 0.913. The minimum atomic E-state index is -5.94. The van der Waals surface area contributed by atoms with Crippen LogP contribution in [0.4, 0.5) is 22.4 Å². The van der Waals surface area contributed by atoms with Gasteiger partial charge in [0.2, 0.25) is 41.4 Å². The molecule has 1 unspecified atom stereocenters. The number of primary amides is 1. The molecule has 30 heteroatoms. The van der Waals surface area contributed by atoms with E-state index in [2.05, 4.69) is 33.1 Å². The third kappa shape index (κ3) is 13.9. The number of nitrogens with two attached hydrogens (primary N) is 1. The SMILES string of the molecule is COC(=O)N1CC[C@H]2CC[C@@H](C(=O)N[C@@H](CCC(N)=O)C(=O)N[C@@H](Cc3ccc(F)c(F)c3)C(=O)N3CCC(CCC#Cc4ccc5c(c4)n(C)c(=O)n5C4CCC(=O)NC4=O)CC3)N2C(=O)[C@@H](NC(=O)c2cc3cc(C(F)(F)P(=O)(O)O)ccc3s2)C1. The van der Waals surface area contributed by atoms with Crippen molar-refractivity contribution in [3.63, 3.8) is 0 Å². The van der Waals surface area contributed by atoms with Gasteiger partial charge in [-0.05, 0) is 117 Å². The minimum absolute atomic E-state index is 0.0109. The molecule has 9 amide bonds. The van der Waals surface area contributed by atoms with E-state index in [0.717, 1.165) is 48.8 Å².